The number of carbonyl (C=O) groups is 1. The second-order valence-corrected chi connectivity index (χ2v) is 10.8. The fourth-order valence-electron chi connectivity index (χ4n) is 4.77. The number of thiophene rings is 1. The number of carbonyl (C=O) groups excluding carboxylic acids is 1. The van der Waals surface area contributed by atoms with Crippen molar-refractivity contribution in [3.8, 4) is 16.2 Å². The highest BCUT2D eigenvalue weighted by Crippen LogP contribution is 2.46. The summed E-state index contributed by atoms with van der Waals surface area (Å²) in [6.07, 6.45) is 7.12. The molecule has 0 saturated heterocycles. The Morgan fingerprint density at radius 1 is 1.28 bits per heavy atom. The van der Waals surface area contributed by atoms with Crippen LogP contribution < -0.4 is 10.2 Å². The van der Waals surface area contributed by atoms with Crippen LogP contribution in [0.25, 0.3) is 21.3 Å². The molecule has 1 saturated carbocycles. The first-order valence-corrected chi connectivity index (χ1v) is 12.2. The van der Waals surface area contributed by atoms with Crippen molar-refractivity contribution >= 4 is 28.2 Å². The molecule has 168 valence electrons. The highest BCUT2D eigenvalue weighted by molar-refractivity contribution is 7.15. The number of esters is 1. The van der Waals surface area contributed by atoms with Crippen molar-refractivity contribution in [2.24, 2.45) is 5.41 Å². The highest BCUT2D eigenvalue weighted by Gasteiger charge is 2.31. The summed E-state index contributed by atoms with van der Waals surface area (Å²) in [5.74, 6) is 0.144. The van der Waals surface area contributed by atoms with Crippen molar-refractivity contribution in [3.63, 3.8) is 0 Å². The predicted molar refractivity (Wildman–Crippen MR) is 128 cm³/mol. The van der Waals surface area contributed by atoms with Gasteiger partial charge in [0.1, 0.15) is 5.56 Å². The van der Waals surface area contributed by atoms with Crippen LogP contribution in [0.1, 0.15) is 66.9 Å². The molecule has 2 aromatic heterocycles. The van der Waals surface area contributed by atoms with Crippen molar-refractivity contribution in [2.75, 3.05) is 13.7 Å². The maximum atomic E-state index is 13.2. The number of rotatable bonds is 5. The van der Waals surface area contributed by atoms with Crippen LogP contribution in [0.3, 0.4) is 0 Å². The molecule has 0 amide bonds. The Hall–Kier alpha value is -2.60. The molecule has 3 aromatic rings. The summed E-state index contributed by atoms with van der Waals surface area (Å²) >= 11 is 1.84. The van der Waals surface area contributed by atoms with Crippen LogP contribution in [0, 0.1) is 5.41 Å². The van der Waals surface area contributed by atoms with Gasteiger partial charge in [-0.25, -0.2) is 4.79 Å². The minimum Gasteiger partial charge on any atom is -0.494 e. The van der Waals surface area contributed by atoms with E-state index in [4.69, 9.17) is 9.47 Å². The summed E-state index contributed by atoms with van der Waals surface area (Å²) in [6.45, 7) is 6.65. The molecule has 1 aromatic carbocycles. The van der Waals surface area contributed by atoms with Crippen LogP contribution in [0.5, 0.6) is 5.75 Å². The van der Waals surface area contributed by atoms with Gasteiger partial charge in [0, 0.05) is 27.6 Å². The lowest BCUT2D eigenvalue weighted by Crippen LogP contribution is -2.21. The van der Waals surface area contributed by atoms with E-state index in [1.54, 1.807) is 20.2 Å². The zero-order chi connectivity index (χ0) is 22.6. The van der Waals surface area contributed by atoms with Gasteiger partial charge >= 0.3 is 5.97 Å². The molecule has 0 bridgehead atoms. The van der Waals surface area contributed by atoms with Crippen LogP contribution in [0.15, 0.2) is 29.2 Å². The Kier molecular flexibility index (Phi) is 5.16. The number of fused-ring (bicyclic) bond motifs is 2. The van der Waals surface area contributed by atoms with Gasteiger partial charge in [0.2, 0.25) is 5.43 Å². The number of aryl methyl sites for hydroxylation is 1. The monoisotopic (exact) mass is 451 g/mol. The van der Waals surface area contributed by atoms with E-state index in [1.165, 1.54) is 21.7 Å². The SMILES string of the molecule is CCOC(=O)c1cn(C2CC2)c2c(OC)c(-c3cc4c(s3)CC(C)(C)CC4)ccc2c1=O. The molecule has 0 spiro atoms. The van der Waals surface area contributed by atoms with Gasteiger partial charge in [0.15, 0.2) is 5.75 Å². The fourth-order valence-corrected chi connectivity index (χ4v) is 6.26. The number of ether oxygens (including phenoxy) is 2. The van der Waals surface area contributed by atoms with E-state index in [1.807, 2.05) is 23.5 Å². The molecule has 5 rings (SSSR count). The number of hydrogen-bond donors (Lipinski definition) is 0. The van der Waals surface area contributed by atoms with Crippen molar-refractivity contribution in [2.45, 2.75) is 58.9 Å². The predicted octanol–water partition coefficient (Wildman–Crippen LogP) is 5.77. The summed E-state index contributed by atoms with van der Waals surface area (Å²) in [4.78, 5) is 28.3. The average molecular weight is 452 g/mol. The fraction of sp³-hybridized carbons (Fsp3) is 0.462. The van der Waals surface area contributed by atoms with Gasteiger partial charge in [-0.1, -0.05) is 13.8 Å². The maximum absolute atomic E-state index is 13.2. The second-order valence-electron chi connectivity index (χ2n) is 9.67. The molecule has 0 unspecified atom stereocenters. The molecule has 2 aliphatic rings. The van der Waals surface area contributed by atoms with Gasteiger partial charge in [-0.2, -0.15) is 0 Å². The molecular formula is C26H29NO4S. The largest absolute Gasteiger partial charge is 0.494 e. The van der Waals surface area contributed by atoms with Crippen LogP contribution >= 0.6 is 11.3 Å². The number of aromatic nitrogens is 1. The third-order valence-corrected chi connectivity index (χ3v) is 7.87. The van der Waals surface area contributed by atoms with E-state index < -0.39 is 5.97 Å². The normalized spacial score (nSPS) is 17.2. The number of pyridine rings is 1. The third kappa shape index (κ3) is 3.54. The smallest absolute Gasteiger partial charge is 0.343 e. The minimum absolute atomic E-state index is 0.0925. The second kappa shape index (κ2) is 7.77. The van der Waals surface area contributed by atoms with E-state index in [0.717, 1.165) is 36.8 Å². The van der Waals surface area contributed by atoms with Crippen LogP contribution in [0.4, 0.5) is 0 Å². The third-order valence-electron chi connectivity index (χ3n) is 6.66. The number of hydrogen-bond acceptors (Lipinski definition) is 5. The maximum Gasteiger partial charge on any atom is 0.343 e. The van der Waals surface area contributed by atoms with Crippen molar-refractivity contribution < 1.29 is 14.3 Å². The van der Waals surface area contributed by atoms with Gasteiger partial charge in [0.25, 0.3) is 0 Å². The molecule has 0 aliphatic heterocycles. The summed E-state index contributed by atoms with van der Waals surface area (Å²) in [5, 5.41) is 0.505. The molecule has 1 fully saturated rings. The van der Waals surface area contributed by atoms with Gasteiger partial charge in [0.05, 0.1) is 24.6 Å². The first-order valence-electron chi connectivity index (χ1n) is 11.4. The van der Waals surface area contributed by atoms with E-state index in [2.05, 4.69) is 24.5 Å². The van der Waals surface area contributed by atoms with Gasteiger partial charge < -0.3 is 14.0 Å². The zero-order valence-electron chi connectivity index (χ0n) is 19.1. The molecule has 2 aliphatic carbocycles. The Morgan fingerprint density at radius 3 is 2.75 bits per heavy atom. The summed E-state index contributed by atoms with van der Waals surface area (Å²) < 4.78 is 13.1. The number of benzene rings is 1. The van der Waals surface area contributed by atoms with E-state index >= 15 is 0 Å². The molecular weight excluding hydrogens is 422 g/mol. The highest BCUT2D eigenvalue weighted by atomic mass is 32.1. The Balaban J connectivity index is 1.71. The topological polar surface area (TPSA) is 57.5 Å². The quantitative estimate of drug-likeness (QED) is 0.463. The van der Waals surface area contributed by atoms with Crippen molar-refractivity contribution in [1.82, 2.24) is 4.57 Å². The van der Waals surface area contributed by atoms with Crippen molar-refractivity contribution in [1.29, 1.82) is 0 Å². The molecule has 0 atom stereocenters. The summed E-state index contributed by atoms with van der Waals surface area (Å²) in [7, 11) is 1.66. The van der Waals surface area contributed by atoms with E-state index in [-0.39, 0.29) is 23.6 Å². The standard InChI is InChI=1S/C26H29NO4S/c1-5-31-25(29)19-14-27(16-6-7-16)22-18(23(19)28)9-8-17(24(22)30-4)20-12-15-10-11-26(2,3)13-21(15)32-20/h8-9,12,14,16H,5-7,10-11,13H2,1-4H3. The van der Waals surface area contributed by atoms with Gasteiger partial charge in [-0.15, -0.1) is 11.3 Å². The number of methoxy groups -OCH3 is 1. The molecule has 32 heavy (non-hydrogen) atoms. The lowest BCUT2D eigenvalue weighted by molar-refractivity contribution is 0.0524. The van der Waals surface area contributed by atoms with Crippen LogP contribution in [-0.4, -0.2) is 24.3 Å². The molecule has 5 nitrogen and oxygen atoms in total. The van der Waals surface area contributed by atoms with Crippen molar-refractivity contribution in [3.05, 3.63) is 50.6 Å². The first-order chi connectivity index (χ1) is 15.3. The lowest BCUT2D eigenvalue weighted by atomic mass is 9.78. The first kappa shape index (κ1) is 21.3. The van der Waals surface area contributed by atoms with Crippen LogP contribution in [0.2, 0.25) is 0 Å². The lowest BCUT2D eigenvalue weighted by Gasteiger charge is -2.28. The van der Waals surface area contributed by atoms with E-state index in [0.29, 0.717) is 16.6 Å². The summed E-state index contributed by atoms with van der Waals surface area (Å²) in [5.41, 5.74) is 3.34. The molecule has 2 heterocycles. The average Bonchev–Trinajstić information content (AvgIpc) is 3.52. The summed E-state index contributed by atoms with van der Waals surface area (Å²) in [6, 6.07) is 6.38. The molecule has 0 N–H and O–H groups in total. The Labute approximate surface area is 192 Å². The van der Waals surface area contributed by atoms with Gasteiger partial charge in [-0.05, 0) is 68.2 Å². The van der Waals surface area contributed by atoms with Gasteiger partial charge in [-0.3, -0.25) is 4.79 Å². The minimum atomic E-state index is -0.564. The molecule has 6 heteroatoms. The Bertz CT molecular complexity index is 1280. The molecule has 0 radical (unpaired) electrons. The number of nitrogens with zero attached hydrogens (tertiary/aromatic N) is 1. The van der Waals surface area contributed by atoms with Crippen LogP contribution in [-0.2, 0) is 17.6 Å². The zero-order valence-corrected chi connectivity index (χ0v) is 19.9. The Morgan fingerprint density at radius 2 is 2.06 bits per heavy atom. The van der Waals surface area contributed by atoms with E-state index in [9.17, 15) is 9.59 Å².